The molecule has 2 N–H and O–H groups in total. The topological polar surface area (TPSA) is 35.2 Å². The molecule has 2 aromatic rings. The van der Waals surface area contributed by atoms with Crippen LogP contribution in [0.1, 0.15) is 5.56 Å². The van der Waals surface area contributed by atoms with Crippen molar-refractivity contribution in [3.05, 3.63) is 54.1 Å². The molecule has 0 aromatic heterocycles. The molecular weight excluding hydrogens is 186 g/mol. The number of hydrogen-bond acceptors (Lipinski definition) is 2. The van der Waals surface area contributed by atoms with E-state index in [0.29, 0.717) is 0 Å². The van der Waals surface area contributed by atoms with E-state index in [-0.39, 0.29) is 0 Å². The highest BCUT2D eigenvalue weighted by Crippen LogP contribution is 2.22. The predicted molar refractivity (Wildman–Crippen MR) is 62.1 cm³/mol. The van der Waals surface area contributed by atoms with E-state index >= 15 is 0 Å². The van der Waals surface area contributed by atoms with Crippen LogP contribution in [-0.2, 0) is 0 Å². The van der Waals surface area contributed by atoms with Crippen molar-refractivity contribution in [1.29, 1.82) is 0 Å². The van der Waals surface area contributed by atoms with Crippen LogP contribution in [0.4, 0.5) is 5.69 Å². The first-order valence-electron chi connectivity index (χ1n) is 4.84. The van der Waals surface area contributed by atoms with Crippen LogP contribution in [0, 0.1) is 6.92 Å². The maximum atomic E-state index is 5.66. The number of benzene rings is 2. The number of hydrogen-bond donors (Lipinski definition) is 1. The third-order valence-electron chi connectivity index (χ3n) is 2.11. The number of ether oxygens (including phenoxy) is 1. The summed E-state index contributed by atoms with van der Waals surface area (Å²) in [6, 6.07) is 15.3. The molecule has 0 bridgehead atoms. The number of nitrogens with two attached hydrogens (primary N) is 1. The molecular formula is C13H13NO. The first-order valence-corrected chi connectivity index (χ1v) is 4.84. The van der Waals surface area contributed by atoms with Gasteiger partial charge in [0.2, 0.25) is 0 Å². The highest BCUT2D eigenvalue weighted by molar-refractivity contribution is 5.43. The number of anilines is 1. The Kier molecular flexibility index (Phi) is 2.59. The average molecular weight is 199 g/mol. The molecule has 76 valence electrons. The smallest absolute Gasteiger partial charge is 0.127 e. The molecule has 0 fully saturated rings. The van der Waals surface area contributed by atoms with Crippen molar-refractivity contribution in [3.63, 3.8) is 0 Å². The van der Waals surface area contributed by atoms with Gasteiger partial charge in [0, 0.05) is 5.69 Å². The van der Waals surface area contributed by atoms with E-state index in [2.05, 4.69) is 0 Å². The number of nitrogen functional groups attached to an aromatic ring is 1. The van der Waals surface area contributed by atoms with Crippen molar-refractivity contribution in [3.8, 4) is 11.5 Å². The maximum absolute atomic E-state index is 5.66. The Hall–Kier alpha value is -1.96. The summed E-state index contributed by atoms with van der Waals surface area (Å²) < 4.78 is 5.66. The van der Waals surface area contributed by atoms with Crippen molar-refractivity contribution in [2.45, 2.75) is 6.92 Å². The van der Waals surface area contributed by atoms with Gasteiger partial charge in [-0.1, -0.05) is 12.1 Å². The van der Waals surface area contributed by atoms with E-state index in [9.17, 15) is 0 Å². The summed E-state index contributed by atoms with van der Waals surface area (Å²) >= 11 is 0. The highest BCUT2D eigenvalue weighted by Gasteiger charge is 1.96. The molecule has 2 rings (SSSR count). The van der Waals surface area contributed by atoms with E-state index in [1.54, 1.807) is 0 Å². The second-order valence-electron chi connectivity index (χ2n) is 3.49. The van der Waals surface area contributed by atoms with Gasteiger partial charge >= 0.3 is 0 Å². The Morgan fingerprint density at radius 1 is 0.933 bits per heavy atom. The van der Waals surface area contributed by atoms with Gasteiger partial charge < -0.3 is 10.5 Å². The van der Waals surface area contributed by atoms with E-state index in [1.165, 1.54) is 5.56 Å². The molecule has 2 nitrogen and oxygen atoms in total. The summed E-state index contributed by atoms with van der Waals surface area (Å²) in [5.74, 6) is 1.65. The molecule has 2 aromatic carbocycles. The normalized spacial score (nSPS) is 9.93. The molecule has 2 heteroatoms. The van der Waals surface area contributed by atoms with Crippen molar-refractivity contribution in [2.75, 3.05) is 5.73 Å². The van der Waals surface area contributed by atoms with Crippen LogP contribution in [0.2, 0.25) is 0 Å². The first kappa shape index (κ1) is 9.59. The molecule has 0 heterocycles. The number of rotatable bonds is 2. The summed E-state index contributed by atoms with van der Waals surface area (Å²) in [5.41, 5.74) is 7.51. The molecule has 0 amide bonds. The van der Waals surface area contributed by atoms with E-state index in [4.69, 9.17) is 10.5 Å². The average Bonchev–Trinajstić information content (AvgIpc) is 2.22. The lowest BCUT2D eigenvalue weighted by atomic mass is 10.2. The van der Waals surface area contributed by atoms with Crippen LogP contribution in [0.25, 0.3) is 0 Å². The van der Waals surface area contributed by atoms with Crippen molar-refractivity contribution < 1.29 is 4.74 Å². The fraction of sp³-hybridized carbons (Fsp3) is 0.0769. The van der Waals surface area contributed by atoms with Crippen molar-refractivity contribution in [1.82, 2.24) is 0 Å². The van der Waals surface area contributed by atoms with Gasteiger partial charge in [-0.15, -0.1) is 0 Å². The van der Waals surface area contributed by atoms with Gasteiger partial charge in [0.1, 0.15) is 11.5 Å². The predicted octanol–water partition coefficient (Wildman–Crippen LogP) is 3.37. The van der Waals surface area contributed by atoms with E-state index < -0.39 is 0 Å². The molecule has 0 saturated heterocycles. The molecule has 0 aliphatic carbocycles. The Morgan fingerprint density at radius 2 is 1.67 bits per heavy atom. The van der Waals surface area contributed by atoms with Crippen molar-refractivity contribution in [2.24, 2.45) is 0 Å². The quantitative estimate of drug-likeness (QED) is 0.752. The summed E-state index contributed by atoms with van der Waals surface area (Å²) in [5, 5.41) is 0. The minimum atomic E-state index is 0.742. The van der Waals surface area contributed by atoms with Crippen LogP contribution in [-0.4, -0.2) is 0 Å². The third kappa shape index (κ3) is 2.50. The molecule has 15 heavy (non-hydrogen) atoms. The van der Waals surface area contributed by atoms with Gasteiger partial charge in [-0.3, -0.25) is 0 Å². The van der Waals surface area contributed by atoms with Gasteiger partial charge in [-0.2, -0.15) is 0 Å². The highest BCUT2D eigenvalue weighted by atomic mass is 16.5. The van der Waals surface area contributed by atoms with Gasteiger partial charge in [-0.05, 0) is 48.9 Å². The maximum Gasteiger partial charge on any atom is 0.127 e. The molecule has 0 aliphatic rings. The zero-order valence-electron chi connectivity index (χ0n) is 8.60. The molecule has 0 aliphatic heterocycles. The fourth-order valence-corrected chi connectivity index (χ4v) is 1.35. The largest absolute Gasteiger partial charge is 0.457 e. The minimum absolute atomic E-state index is 0.742. The third-order valence-corrected chi connectivity index (χ3v) is 2.11. The Morgan fingerprint density at radius 3 is 2.33 bits per heavy atom. The molecule has 0 spiro atoms. The Labute approximate surface area is 89.3 Å². The lowest BCUT2D eigenvalue weighted by molar-refractivity contribution is 0.482. The van der Waals surface area contributed by atoms with Crippen LogP contribution in [0.15, 0.2) is 48.5 Å². The van der Waals surface area contributed by atoms with Crippen molar-refractivity contribution >= 4 is 5.69 Å². The molecule has 0 atom stereocenters. The molecule has 0 unspecified atom stereocenters. The van der Waals surface area contributed by atoms with Gasteiger partial charge in [0.25, 0.3) is 0 Å². The SMILES string of the molecule is Cc1cccc(Oc2ccc(N)cc2)c1. The summed E-state index contributed by atoms with van der Waals surface area (Å²) in [6.45, 7) is 2.04. The zero-order valence-corrected chi connectivity index (χ0v) is 8.60. The Balaban J connectivity index is 2.18. The standard InChI is InChI=1S/C13H13NO/c1-10-3-2-4-13(9-10)15-12-7-5-11(14)6-8-12/h2-9H,14H2,1H3. The molecule has 0 saturated carbocycles. The summed E-state index contributed by atoms with van der Waals surface area (Å²) in [7, 11) is 0. The van der Waals surface area contributed by atoms with Gasteiger partial charge in [0.15, 0.2) is 0 Å². The lowest BCUT2D eigenvalue weighted by Crippen LogP contribution is -1.86. The molecule has 0 radical (unpaired) electrons. The second kappa shape index (κ2) is 4.05. The zero-order chi connectivity index (χ0) is 10.7. The fourth-order valence-electron chi connectivity index (χ4n) is 1.35. The van der Waals surface area contributed by atoms with Crippen LogP contribution < -0.4 is 10.5 Å². The first-order chi connectivity index (χ1) is 7.24. The second-order valence-corrected chi connectivity index (χ2v) is 3.49. The van der Waals surface area contributed by atoms with E-state index in [1.807, 2.05) is 55.5 Å². The summed E-state index contributed by atoms with van der Waals surface area (Å²) in [6.07, 6.45) is 0. The lowest BCUT2D eigenvalue weighted by Gasteiger charge is -2.06. The Bertz CT molecular complexity index is 448. The van der Waals surface area contributed by atoms with Crippen LogP contribution in [0.3, 0.4) is 0 Å². The monoisotopic (exact) mass is 199 g/mol. The van der Waals surface area contributed by atoms with Gasteiger partial charge in [0.05, 0.1) is 0 Å². The van der Waals surface area contributed by atoms with Crippen LogP contribution in [0.5, 0.6) is 11.5 Å². The number of aryl methyl sites for hydroxylation is 1. The summed E-state index contributed by atoms with van der Waals surface area (Å²) in [4.78, 5) is 0. The van der Waals surface area contributed by atoms with Gasteiger partial charge in [-0.25, -0.2) is 0 Å². The van der Waals surface area contributed by atoms with E-state index in [0.717, 1.165) is 17.2 Å². The minimum Gasteiger partial charge on any atom is -0.457 e. The van der Waals surface area contributed by atoms with Crippen LogP contribution >= 0.6 is 0 Å².